The van der Waals surface area contributed by atoms with Gasteiger partial charge >= 0.3 is 5.97 Å². The van der Waals surface area contributed by atoms with E-state index in [0.29, 0.717) is 11.5 Å². The minimum absolute atomic E-state index is 0.243. The van der Waals surface area contributed by atoms with Crippen LogP contribution in [0, 0.1) is 0 Å². The number of aromatic nitrogens is 2. The van der Waals surface area contributed by atoms with Gasteiger partial charge in [-0.1, -0.05) is 12.1 Å². The molecule has 1 aromatic carbocycles. The summed E-state index contributed by atoms with van der Waals surface area (Å²) in [7, 11) is 0. The molecule has 0 fully saturated rings. The van der Waals surface area contributed by atoms with Crippen LogP contribution in [-0.4, -0.2) is 21.0 Å². The number of rotatable bonds is 2. The molecule has 5 nitrogen and oxygen atoms in total. The number of carbonyl (C=O) groups is 1. The minimum Gasteiger partial charge on any atom is -0.478 e. The molecule has 2 rings (SSSR count). The van der Waals surface area contributed by atoms with Crippen LogP contribution < -0.4 is 5.73 Å². The van der Waals surface area contributed by atoms with Gasteiger partial charge in [0, 0.05) is 5.56 Å². The van der Waals surface area contributed by atoms with Gasteiger partial charge in [0.2, 0.25) is 0 Å². The molecule has 16 heavy (non-hydrogen) atoms. The Labute approximate surface area is 91.6 Å². The van der Waals surface area contributed by atoms with Gasteiger partial charge in [-0.05, 0) is 12.1 Å². The highest BCUT2D eigenvalue weighted by Gasteiger charge is 2.03. The summed E-state index contributed by atoms with van der Waals surface area (Å²) in [5.41, 5.74) is 7.12. The number of hydrogen-bond acceptors (Lipinski definition) is 4. The van der Waals surface area contributed by atoms with Crippen LogP contribution in [0.25, 0.3) is 11.3 Å². The Balaban J connectivity index is 2.34. The van der Waals surface area contributed by atoms with E-state index in [4.69, 9.17) is 10.8 Å². The zero-order valence-corrected chi connectivity index (χ0v) is 8.29. The molecule has 0 amide bonds. The van der Waals surface area contributed by atoms with Crippen molar-refractivity contribution in [1.82, 2.24) is 9.97 Å². The monoisotopic (exact) mass is 215 g/mol. The molecule has 0 aliphatic heterocycles. The van der Waals surface area contributed by atoms with E-state index in [-0.39, 0.29) is 5.56 Å². The van der Waals surface area contributed by atoms with Crippen molar-refractivity contribution < 1.29 is 9.90 Å². The standard InChI is InChI=1S/C11H9N3O2/c12-10-6-13-9(5-14-10)7-1-3-8(4-2-7)11(15)16/h1-6H,(H2,12,14)(H,15,16). The number of benzene rings is 1. The van der Waals surface area contributed by atoms with Crippen molar-refractivity contribution in [2.24, 2.45) is 0 Å². The van der Waals surface area contributed by atoms with Gasteiger partial charge in [-0.2, -0.15) is 0 Å². The van der Waals surface area contributed by atoms with Crippen LogP contribution in [0.4, 0.5) is 5.82 Å². The van der Waals surface area contributed by atoms with Crippen LogP contribution in [0.1, 0.15) is 10.4 Å². The second-order valence-electron chi connectivity index (χ2n) is 3.21. The van der Waals surface area contributed by atoms with Crippen molar-refractivity contribution in [1.29, 1.82) is 0 Å². The lowest BCUT2D eigenvalue weighted by Gasteiger charge is -2.01. The van der Waals surface area contributed by atoms with Gasteiger partial charge in [0.15, 0.2) is 0 Å². The molecule has 0 atom stereocenters. The van der Waals surface area contributed by atoms with Gasteiger partial charge in [0.1, 0.15) is 5.82 Å². The normalized spacial score (nSPS) is 10.0. The molecule has 5 heteroatoms. The molecule has 0 saturated heterocycles. The van der Waals surface area contributed by atoms with E-state index in [1.165, 1.54) is 18.3 Å². The maximum atomic E-state index is 10.6. The molecular weight excluding hydrogens is 206 g/mol. The van der Waals surface area contributed by atoms with Crippen molar-refractivity contribution in [2.75, 3.05) is 5.73 Å². The molecule has 1 heterocycles. The summed E-state index contributed by atoms with van der Waals surface area (Å²) in [6.45, 7) is 0. The zero-order valence-electron chi connectivity index (χ0n) is 8.29. The lowest BCUT2D eigenvalue weighted by Crippen LogP contribution is -1.96. The predicted octanol–water partition coefficient (Wildman–Crippen LogP) is 1.42. The van der Waals surface area contributed by atoms with Crippen LogP contribution in [-0.2, 0) is 0 Å². The fourth-order valence-electron chi connectivity index (χ4n) is 1.27. The second kappa shape index (κ2) is 3.98. The fourth-order valence-corrected chi connectivity index (χ4v) is 1.27. The maximum Gasteiger partial charge on any atom is 0.335 e. The Bertz CT molecular complexity index is 506. The van der Waals surface area contributed by atoms with E-state index < -0.39 is 5.97 Å². The molecule has 0 spiro atoms. The van der Waals surface area contributed by atoms with Gasteiger partial charge in [0.05, 0.1) is 23.7 Å². The molecule has 80 valence electrons. The van der Waals surface area contributed by atoms with Crippen molar-refractivity contribution in [3.05, 3.63) is 42.2 Å². The average molecular weight is 215 g/mol. The van der Waals surface area contributed by atoms with E-state index in [9.17, 15) is 4.79 Å². The molecule has 1 aromatic heterocycles. The van der Waals surface area contributed by atoms with E-state index >= 15 is 0 Å². The number of aromatic carboxylic acids is 1. The van der Waals surface area contributed by atoms with E-state index in [2.05, 4.69) is 9.97 Å². The quantitative estimate of drug-likeness (QED) is 0.790. The first-order chi connectivity index (χ1) is 7.66. The predicted molar refractivity (Wildman–Crippen MR) is 58.8 cm³/mol. The number of anilines is 1. The Morgan fingerprint density at radius 2 is 1.81 bits per heavy atom. The maximum absolute atomic E-state index is 10.6. The minimum atomic E-state index is -0.949. The summed E-state index contributed by atoms with van der Waals surface area (Å²) >= 11 is 0. The third kappa shape index (κ3) is 1.98. The number of carboxylic acid groups (broad SMARTS) is 1. The van der Waals surface area contributed by atoms with Crippen molar-refractivity contribution in [3.63, 3.8) is 0 Å². The summed E-state index contributed by atoms with van der Waals surface area (Å²) in [5, 5.41) is 8.74. The summed E-state index contributed by atoms with van der Waals surface area (Å²) in [6, 6.07) is 6.42. The molecule has 0 saturated carbocycles. The van der Waals surface area contributed by atoms with Crippen LogP contribution in [0.3, 0.4) is 0 Å². The van der Waals surface area contributed by atoms with Crippen LogP contribution in [0.2, 0.25) is 0 Å². The summed E-state index contributed by atoms with van der Waals surface area (Å²) in [4.78, 5) is 18.6. The lowest BCUT2D eigenvalue weighted by atomic mass is 10.1. The molecule has 3 N–H and O–H groups in total. The summed E-state index contributed by atoms with van der Waals surface area (Å²) in [6.07, 6.45) is 3.01. The first-order valence-corrected chi connectivity index (χ1v) is 4.58. The number of nitrogens with zero attached hydrogens (tertiary/aromatic N) is 2. The smallest absolute Gasteiger partial charge is 0.335 e. The molecule has 2 aromatic rings. The first kappa shape index (κ1) is 10.1. The van der Waals surface area contributed by atoms with Crippen LogP contribution in [0.5, 0.6) is 0 Å². The Kier molecular flexibility index (Phi) is 2.51. The van der Waals surface area contributed by atoms with Gasteiger partial charge in [-0.25, -0.2) is 9.78 Å². The molecule has 0 aliphatic carbocycles. The van der Waals surface area contributed by atoms with E-state index in [0.717, 1.165) is 5.56 Å². The van der Waals surface area contributed by atoms with Gasteiger partial charge < -0.3 is 10.8 Å². The highest BCUT2D eigenvalue weighted by molar-refractivity contribution is 5.88. The molecule has 0 radical (unpaired) electrons. The average Bonchev–Trinajstić information content (AvgIpc) is 2.30. The number of carboxylic acids is 1. The zero-order chi connectivity index (χ0) is 11.5. The summed E-state index contributed by atoms with van der Waals surface area (Å²) in [5.74, 6) is -0.596. The highest BCUT2D eigenvalue weighted by atomic mass is 16.4. The van der Waals surface area contributed by atoms with Gasteiger partial charge in [0.25, 0.3) is 0 Å². The fraction of sp³-hybridized carbons (Fsp3) is 0. The van der Waals surface area contributed by atoms with Crippen molar-refractivity contribution in [2.45, 2.75) is 0 Å². The number of nitrogens with two attached hydrogens (primary N) is 1. The Morgan fingerprint density at radius 3 is 2.31 bits per heavy atom. The molecule has 0 bridgehead atoms. The van der Waals surface area contributed by atoms with Gasteiger partial charge in [-0.15, -0.1) is 0 Å². The lowest BCUT2D eigenvalue weighted by molar-refractivity contribution is 0.0697. The number of hydrogen-bond donors (Lipinski definition) is 2. The van der Waals surface area contributed by atoms with Gasteiger partial charge in [-0.3, -0.25) is 4.98 Å². The third-order valence-corrected chi connectivity index (χ3v) is 2.10. The Hall–Kier alpha value is -2.43. The van der Waals surface area contributed by atoms with Crippen molar-refractivity contribution in [3.8, 4) is 11.3 Å². The topological polar surface area (TPSA) is 89.1 Å². The second-order valence-corrected chi connectivity index (χ2v) is 3.21. The van der Waals surface area contributed by atoms with Crippen molar-refractivity contribution >= 4 is 11.8 Å². The molecular formula is C11H9N3O2. The SMILES string of the molecule is Nc1cnc(-c2ccc(C(=O)O)cc2)cn1. The van der Waals surface area contributed by atoms with E-state index in [1.54, 1.807) is 18.3 Å². The van der Waals surface area contributed by atoms with Crippen LogP contribution >= 0.6 is 0 Å². The Morgan fingerprint density at radius 1 is 1.12 bits per heavy atom. The van der Waals surface area contributed by atoms with Crippen LogP contribution in [0.15, 0.2) is 36.7 Å². The first-order valence-electron chi connectivity index (χ1n) is 4.58. The number of nitrogen functional groups attached to an aromatic ring is 1. The third-order valence-electron chi connectivity index (χ3n) is 2.10. The highest BCUT2D eigenvalue weighted by Crippen LogP contribution is 2.16. The molecule has 0 unspecified atom stereocenters. The van der Waals surface area contributed by atoms with E-state index in [1.807, 2.05) is 0 Å². The summed E-state index contributed by atoms with van der Waals surface area (Å²) < 4.78 is 0. The molecule has 0 aliphatic rings. The largest absolute Gasteiger partial charge is 0.478 e.